The lowest BCUT2D eigenvalue weighted by atomic mass is 9.75. The Bertz CT molecular complexity index is 831. The number of hydrogen-bond acceptors (Lipinski definition) is 4. The molecule has 5 nitrogen and oxygen atoms in total. The van der Waals surface area contributed by atoms with Gasteiger partial charge >= 0.3 is 0 Å². The molecule has 1 aliphatic heterocycles. The Balaban J connectivity index is 1.61. The Hall–Kier alpha value is -2.69. The number of amides is 2. The highest BCUT2D eigenvalue weighted by Gasteiger charge is 2.30. The van der Waals surface area contributed by atoms with Crippen LogP contribution in [0.5, 0.6) is 0 Å². The number of benzene rings is 1. The Morgan fingerprint density at radius 3 is 2.67 bits per heavy atom. The first-order valence-electron chi connectivity index (χ1n) is 8.32. The quantitative estimate of drug-likeness (QED) is 0.833. The van der Waals surface area contributed by atoms with Crippen molar-refractivity contribution in [2.45, 2.75) is 37.5 Å². The zero-order chi connectivity index (χ0) is 16.7. The Morgan fingerprint density at radius 2 is 1.83 bits per heavy atom. The summed E-state index contributed by atoms with van der Waals surface area (Å²) in [6.45, 7) is 0. The van der Waals surface area contributed by atoms with E-state index in [1.54, 1.807) is 18.5 Å². The highest BCUT2D eigenvalue weighted by atomic mass is 16.2. The van der Waals surface area contributed by atoms with E-state index < -0.39 is 0 Å². The number of rotatable bonds is 2. The minimum Gasteiger partial charge on any atom is -0.397 e. The number of pyridine rings is 1. The lowest BCUT2D eigenvalue weighted by Gasteiger charge is -2.30. The molecule has 122 valence electrons. The van der Waals surface area contributed by atoms with Crippen LogP contribution in [-0.4, -0.2) is 16.8 Å². The number of anilines is 1. The van der Waals surface area contributed by atoms with Crippen molar-refractivity contribution in [1.29, 1.82) is 0 Å². The first kappa shape index (κ1) is 14.9. The standard InChI is InChI=1S/C19H19N3O2/c20-17-10-21-7-6-14(17)13-3-1-2-11(8-13)12-4-5-15-16(9-12)19(24)22-18(15)23/h4-7,9-11,13H,1-3,8,20H2,(H,22,23,24). The highest BCUT2D eigenvalue weighted by molar-refractivity contribution is 6.21. The Kier molecular flexibility index (Phi) is 3.56. The molecule has 2 heterocycles. The summed E-state index contributed by atoms with van der Waals surface area (Å²) < 4.78 is 0. The van der Waals surface area contributed by atoms with Gasteiger partial charge in [0.05, 0.1) is 23.0 Å². The highest BCUT2D eigenvalue weighted by Crippen LogP contribution is 2.42. The van der Waals surface area contributed by atoms with Crippen molar-refractivity contribution < 1.29 is 9.59 Å². The second-order valence-corrected chi connectivity index (χ2v) is 6.65. The number of fused-ring (bicyclic) bond motifs is 1. The second kappa shape index (κ2) is 5.74. The van der Waals surface area contributed by atoms with Crippen molar-refractivity contribution >= 4 is 17.5 Å². The van der Waals surface area contributed by atoms with Crippen LogP contribution in [0.1, 0.15) is 69.4 Å². The maximum Gasteiger partial charge on any atom is 0.258 e. The molecule has 2 unspecified atom stereocenters. The molecular weight excluding hydrogens is 302 g/mol. The summed E-state index contributed by atoms with van der Waals surface area (Å²) in [6.07, 6.45) is 7.84. The first-order valence-corrected chi connectivity index (χ1v) is 8.32. The third kappa shape index (κ3) is 2.46. The molecule has 0 bridgehead atoms. The summed E-state index contributed by atoms with van der Waals surface area (Å²) in [5.41, 5.74) is 10.1. The van der Waals surface area contributed by atoms with Gasteiger partial charge in [-0.1, -0.05) is 12.5 Å². The van der Waals surface area contributed by atoms with Crippen LogP contribution in [0.15, 0.2) is 36.7 Å². The third-order valence-electron chi connectivity index (χ3n) is 5.23. The molecule has 0 saturated heterocycles. The van der Waals surface area contributed by atoms with Gasteiger partial charge in [-0.3, -0.25) is 19.9 Å². The van der Waals surface area contributed by atoms with Crippen molar-refractivity contribution in [2.24, 2.45) is 0 Å². The second-order valence-electron chi connectivity index (χ2n) is 6.65. The van der Waals surface area contributed by atoms with Crippen LogP contribution in [-0.2, 0) is 0 Å². The molecule has 1 aromatic heterocycles. The molecule has 0 spiro atoms. The van der Waals surface area contributed by atoms with Crippen LogP contribution >= 0.6 is 0 Å². The maximum absolute atomic E-state index is 11.9. The van der Waals surface area contributed by atoms with Crippen LogP contribution in [0.3, 0.4) is 0 Å². The van der Waals surface area contributed by atoms with Gasteiger partial charge in [0, 0.05) is 6.20 Å². The summed E-state index contributed by atoms with van der Waals surface area (Å²) in [6, 6.07) is 7.66. The molecule has 2 amide bonds. The van der Waals surface area contributed by atoms with E-state index in [1.165, 1.54) is 5.56 Å². The summed E-state index contributed by atoms with van der Waals surface area (Å²) in [7, 11) is 0. The summed E-state index contributed by atoms with van der Waals surface area (Å²) in [4.78, 5) is 27.6. The molecule has 2 aliphatic rings. The number of nitrogens with one attached hydrogen (secondary N) is 1. The predicted molar refractivity (Wildman–Crippen MR) is 90.8 cm³/mol. The van der Waals surface area contributed by atoms with Gasteiger partial charge in [-0.15, -0.1) is 0 Å². The van der Waals surface area contributed by atoms with E-state index in [-0.39, 0.29) is 11.8 Å². The fourth-order valence-electron chi connectivity index (χ4n) is 4.00. The molecule has 1 saturated carbocycles. The molecule has 5 heteroatoms. The lowest BCUT2D eigenvalue weighted by Crippen LogP contribution is -2.19. The smallest absolute Gasteiger partial charge is 0.258 e. The van der Waals surface area contributed by atoms with Crippen molar-refractivity contribution in [3.05, 3.63) is 58.9 Å². The predicted octanol–water partition coefficient (Wildman–Crippen LogP) is 2.99. The minimum atomic E-state index is -0.298. The van der Waals surface area contributed by atoms with E-state index in [0.29, 0.717) is 23.0 Å². The van der Waals surface area contributed by atoms with Gasteiger partial charge in [-0.2, -0.15) is 0 Å². The number of imide groups is 1. The molecule has 1 aliphatic carbocycles. The number of nitrogen functional groups attached to an aromatic ring is 1. The first-order chi connectivity index (χ1) is 11.6. The van der Waals surface area contributed by atoms with Gasteiger partial charge in [0.15, 0.2) is 0 Å². The van der Waals surface area contributed by atoms with Crippen LogP contribution in [0.25, 0.3) is 0 Å². The van der Waals surface area contributed by atoms with Crippen molar-refractivity contribution in [2.75, 3.05) is 5.73 Å². The van der Waals surface area contributed by atoms with Gasteiger partial charge in [-0.25, -0.2) is 0 Å². The zero-order valence-corrected chi connectivity index (χ0v) is 13.3. The van der Waals surface area contributed by atoms with E-state index in [9.17, 15) is 9.59 Å². The zero-order valence-electron chi connectivity index (χ0n) is 13.3. The number of hydrogen-bond donors (Lipinski definition) is 2. The number of carbonyl (C=O) groups excluding carboxylic acids is 2. The molecule has 1 fully saturated rings. The van der Waals surface area contributed by atoms with E-state index in [2.05, 4.69) is 10.3 Å². The summed E-state index contributed by atoms with van der Waals surface area (Å²) in [5.74, 6) is 0.204. The van der Waals surface area contributed by atoms with Gasteiger partial charge in [0.1, 0.15) is 0 Å². The SMILES string of the molecule is Nc1cnccc1C1CCCC(c2ccc3c(c2)C(=O)NC3=O)C1. The molecule has 2 aromatic rings. The van der Waals surface area contributed by atoms with Crippen LogP contribution in [0, 0.1) is 0 Å². The molecule has 2 atom stereocenters. The normalized spacial score (nSPS) is 23.0. The number of nitrogens with zero attached hydrogens (tertiary/aromatic N) is 1. The Morgan fingerprint density at radius 1 is 1.04 bits per heavy atom. The molecular formula is C19H19N3O2. The summed E-state index contributed by atoms with van der Waals surface area (Å²) >= 11 is 0. The monoisotopic (exact) mass is 321 g/mol. The van der Waals surface area contributed by atoms with Crippen LogP contribution in [0.2, 0.25) is 0 Å². The van der Waals surface area contributed by atoms with E-state index in [0.717, 1.165) is 36.9 Å². The number of carbonyl (C=O) groups is 2. The van der Waals surface area contributed by atoms with Crippen molar-refractivity contribution in [3.63, 3.8) is 0 Å². The molecule has 0 radical (unpaired) electrons. The van der Waals surface area contributed by atoms with E-state index in [4.69, 9.17) is 5.73 Å². The molecule has 4 rings (SSSR count). The average Bonchev–Trinajstić information content (AvgIpc) is 2.89. The topological polar surface area (TPSA) is 85.1 Å². The lowest BCUT2D eigenvalue weighted by molar-refractivity contribution is 0.0879. The largest absolute Gasteiger partial charge is 0.397 e. The number of aromatic nitrogens is 1. The fourth-order valence-corrected chi connectivity index (χ4v) is 4.00. The van der Waals surface area contributed by atoms with Gasteiger partial charge in [-0.05, 0) is 60.4 Å². The maximum atomic E-state index is 11.9. The fraction of sp³-hybridized carbons (Fsp3) is 0.316. The van der Waals surface area contributed by atoms with Gasteiger partial charge in [0.2, 0.25) is 0 Å². The van der Waals surface area contributed by atoms with Crippen LogP contribution < -0.4 is 11.1 Å². The van der Waals surface area contributed by atoms with E-state index in [1.807, 2.05) is 18.2 Å². The van der Waals surface area contributed by atoms with Crippen LogP contribution in [0.4, 0.5) is 5.69 Å². The van der Waals surface area contributed by atoms with Crippen molar-refractivity contribution in [1.82, 2.24) is 10.3 Å². The van der Waals surface area contributed by atoms with Gasteiger partial charge < -0.3 is 5.73 Å². The average molecular weight is 321 g/mol. The van der Waals surface area contributed by atoms with E-state index >= 15 is 0 Å². The minimum absolute atomic E-state index is 0.289. The number of nitrogens with two attached hydrogens (primary N) is 1. The molecule has 24 heavy (non-hydrogen) atoms. The molecule has 3 N–H and O–H groups in total. The van der Waals surface area contributed by atoms with Crippen molar-refractivity contribution in [3.8, 4) is 0 Å². The van der Waals surface area contributed by atoms with Gasteiger partial charge in [0.25, 0.3) is 11.8 Å². The Labute approximate surface area is 140 Å². The molecule has 1 aromatic carbocycles. The summed E-state index contributed by atoms with van der Waals surface area (Å²) in [5, 5.41) is 2.35. The third-order valence-corrected chi connectivity index (χ3v) is 5.23.